The molecule has 0 heterocycles. The van der Waals surface area contributed by atoms with Crippen molar-refractivity contribution in [3.8, 4) is 5.75 Å². The van der Waals surface area contributed by atoms with Crippen LogP contribution in [0.15, 0.2) is 42.5 Å². The maximum absolute atomic E-state index is 11.9. The molecule has 0 aliphatic carbocycles. The number of aromatic hydroxyl groups is 1. The van der Waals surface area contributed by atoms with Gasteiger partial charge in [0.05, 0.1) is 5.69 Å². The van der Waals surface area contributed by atoms with Crippen molar-refractivity contribution in [3.63, 3.8) is 0 Å². The molecular weight excluding hydrogens is 262 g/mol. The van der Waals surface area contributed by atoms with Gasteiger partial charge in [-0.1, -0.05) is 35.9 Å². The molecule has 0 aromatic heterocycles. The first kappa shape index (κ1) is 15.1. The topological polar surface area (TPSA) is 49.3 Å². The summed E-state index contributed by atoms with van der Waals surface area (Å²) >= 11 is 0. The third-order valence-corrected chi connectivity index (χ3v) is 3.42. The van der Waals surface area contributed by atoms with E-state index >= 15 is 0 Å². The highest BCUT2D eigenvalue weighted by molar-refractivity contribution is 5.92. The molecule has 0 atom stereocenters. The third-order valence-electron chi connectivity index (χ3n) is 3.42. The van der Waals surface area contributed by atoms with Crippen LogP contribution in [0.1, 0.15) is 29.5 Å². The Morgan fingerprint density at radius 2 is 1.71 bits per heavy atom. The van der Waals surface area contributed by atoms with Gasteiger partial charge in [-0.25, -0.2) is 0 Å². The van der Waals surface area contributed by atoms with Gasteiger partial charge < -0.3 is 10.4 Å². The highest BCUT2D eigenvalue weighted by Gasteiger charge is 2.06. The van der Waals surface area contributed by atoms with Crippen molar-refractivity contribution in [1.82, 2.24) is 0 Å². The van der Waals surface area contributed by atoms with Crippen LogP contribution in [0.4, 0.5) is 5.69 Å². The molecule has 2 rings (SSSR count). The van der Waals surface area contributed by atoms with E-state index in [-0.39, 0.29) is 11.7 Å². The number of hydrogen-bond donors (Lipinski definition) is 2. The third kappa shape index (κ3) is 4.63. The van der Waals surface area contributed by atoms with E-state index in [0.29, 0.717) is 12.1 Å². The second kappa shape index (κ2) is 6.93. The molecule has 0 aliphatic rings. The SMILES string of the molecule is Cc1ccc(CCCC(=O)Nc2ccc(C)cc2O)cc1. The highest BCUT2D eigenvalue weighted by Crippen LogP contribution is 2.24. The zero-order chi connectivity index (χ0) is 15.2. The van der Waals surface area contributed by atoms with Gasteiger partial charge in [-0.3, -0.25) is 4.79 Å². The Labute approximate surface area is 125 Å². The normalized spacial score (nSPS) is 10.4. The molecule has 0 radical (unpaired) electrons. The lowest BCUT2D eigenvalue weighted by Crippen LogP contribution is -2.11. The van der Waals surface area contributed by atoms with E-state index in [4.69, 9.17) is 0 Å². The van der Waals surface area contributed by atoms with E-state index in [1.54, 1.807) is 12.1 Å². The monoisotopic (exact) mass is 283 g/mol. The maximum atomic E-state index is 11.9. The molecule has 0 spiro atoms. The van der Waals surface area contributed by atoms with Crippen molar-refractivity contribution in [2.75, 3.05) is 5.32 Å². The van der Waals surface area contributed by atoms with Crippen molar-refractivity contribution in [3.05, 3.63) is 59.2 Å². The Hall–Kier alpha value is -2.29. The number of carbonyl (C=O) groups is 1. The van der Waals surface area contributed by atoms with Crippen LogP contribution in [0.5, 0.6) is 5.75 Å². The number of phenols is 1. The predicted molar refractivity (Wildman–Crippen MR) is 85.6 cm³/mol. The van der Waals surface area contributed by atoms with Crippen LogP contribution in [0.2, 0.25) is 0 Å². The van der Waals surface area contributed by atoms with Crippen LogP contribution in [-0.4, -0.2) is 11.0 Å². The Kier molecular flexibility index (Phi) is 4.99. The molecule has 21 heavy (non-hydrogen) atoms. The van der Waals surface area contributed by atoms with Gasteiger partial charge in [0.2, 0.25) is 5.91 Å². The van der Waals surface area contributed by atoms with Gasteiger partial charge in [-0.2, -0.15) is 0 Å². The van der Waals surface area contributed by atoms with Gasteiger partial charge in [-0.15, -0.1) is 0 Å². The number of carbonyl (C=O) groups excluding carboxylic acids is 1. The Bertz CT molecular complexity index is 618. The molecule has 3 nitrogen and oxygen atoms in total. The van der Waals surface area contributed by atoms with E-state index in [1.165, 1.54) is 11.1 Å². The van der Waals surface area contributed by atoms with Crippen LogP contribution >= 0.6 is 0 Å². The summed E-state index contributed by atoms with van der Waals surface area (Å²) in [7, 11) is 0. The fraction of sp³-hybridized carbons (Fsp3) is 0.278. The van der Waals surface area contributed by atoms with E-state index in [9.17, 15) is 9.90 Å². The van der Waals surface area contributed by atoms with Gasteiger partial charge in [0.25, 0.3) is 0 Å². The van der Waals surface area contributed by atoms with Crippen LogP contribution in [0, 0.1) is 13.8 Å². The van der Waals surface area contributed by atoms with Crippen LogP contribution in [0.25, 0.3) is 0 Å². The number of nitrogens with one attached hydrogen (secondary N) is 1. The van der Waals surface area contributed by atoms with Crippen LogP contribution in [0.3, 0.4) is 0 Å². The zero-order valence-corrected chi connectivity index (χ0v) is 12.5. The van der Waals surface area contributed by atoms with Gasteiger partial charge in [0.15, 0.2) is 0 Å². The van der Waals surface area contributed by atoms with Gasteiger partial charge in [0.1, 0.15) is 5.75 Å². The molecule has 0 fully saturated rings. The van der Waals surface area contributed by atoms with Gasteiger partial charge >= 0.3 is 0 Å². The van der Waals surface area contributed by atoms with Crippen molar-refractivity contribution in [2.45, 2.75) is 33.1 Å². The van der Waals surface area contributed by atoms with Crippen molar-refractivity contribution in [2.24, 2.45) is 0 Å². The number of phenolic OH excluding ortho intramolecular Hbond substituents is 1. The summed E-state index contributed by atoms with van der Waals surface area (Å²) in [5.74, 6) is 0.0446. The van der Waals surface area contributed by atoms with E-state index in [0.717, 1.165) is 18.4 Å². The smallest absolute Gasteiger partial charge is 0.224 e. The first-order valence-corrected chi connectivity index (χ1v) is 7.19. The van der Waals surface area contributed by atoms with Gasteiger partial charge in [0, 0.05) is 6.42 Å². The zero-order valence-electron chi connectivity index (χ0n) is 12.5. The number of amides is 1. The number of benzene rings is 2. The number of aryl methyl sites for hydroxylation is 3. The maximum Gasteiger partial charge on any atom is 0.224 e. The number of anilines is 1. The fourth-order valence-electron chi connectivity index (χ4n) is 2.17. The summed E-state index contributed by atoms with van der Waals surface area (Å²) in [5, 5.41) is 12.5. The fourth-order valence-corrected chi connectivity index (χ4v) is 2.17. The van der Waals surface area contributed by atoms with Crippen molar-refractivity contribution >= 4 is 11.6 Å². The molecule has 3 heteroatoms. The summed E-state index contributed by atoms with van der Waals surface area (Å²) in [6, 6.07) is 13.6. The second-order valence-corrected chi connectivity index (χ2v) is 5.41. The summed E-state index contributed by atoms with van der Waals surface area (Å²) < 4.78 is 0. The first-order valence-electron chi connectivity index (χ1n) is 7.19. The standard InChI is InChI=1S/C18H21NO2/c1-13-6-9-15(10-7-13)4-3-5-18(21)19-16-11-8-14(2)12-17(16)20/h6-12,20H,3-5H2,1-2H3,(H,19,21). The summed E-state index contributed by atoms with van der Waals surface area (Å²) in [6.45, 7) is 3.96. The molecule has 0 unspecified atom stereocenters. The van der Waals surface area contributed by atoms with Crippen molar-refractivity contribution in [1.29, 1.82) is 0 Å². The molecule has 1 amide bonds. The lowest BCUT2D eigenvalue weighted by atomic mass is 10.1. The molecular formula is C18H21NO2. The van der Waals surface area contributed by atoms with Crippen LogP contribution < -0.4 is 5.32 Å². The molecule has 0 saturated heterocycles. The van der Waals surface area contributed by atoms with Crippen LogP contribution in [-0.2, 0) is 11.2 Å². The Morgan fingerprint density at radius 1 is 1.05 bits per heavy atom. The molecule has 0 saturated carbocycles. The molecule has 2 aromatic rings. The lowest BCUT2D eigenvalue weighted by Gasteiger charge is -2.08. The second-order valence-electron chi connectivity index (χ2n) is 5.41. The first-order chi connectivity index (χ1) is 10.0. The molecule has 110 valence electrons. The van der Waals surface area contributed by atoms with Crippen molar-refractivity contribution < 1.29 is 9.90 Å². The molecule has 0 bridgehead atoms. The summed E-state index contributed by atoms with van der Waals surface area (Å²) in [5.41, 5.74) is 3.92. The quantitative estimate of drug-likeness (QED) is 0.816. The number of hydrogen-bond acceptors (Lipinski definition) is 2. The molecule has 2 N–H and O–H groups in total. The van der Waals surface area contributed by atoms with E-state index < -0.39 is 0 Å². The molecule has 0 aliphatic heterocycles. The summed E-state index contributed by atoms with van der Waals surface area (Å²) in [6.07, 6.45) is 2.12. The Morgan fingerprint density at radius 3 is 2.38 bits per heavy atom. The Balaban J connectivity index is 1.81. The van der Waals surface area contributed by atoms with Gasteiger partial charge in [-0.05, 0) is 49.9 Å². The van der Waals surface area contributed by atoms with E-state index in [1.807, 2.05) is 13.0 Å². The number of rotatable bonds is 5. The minimum atomic E-state index is -0.0683. The minimum absolute atomic E-state index is 0.0683. The lowest BCUT2D eigenvalue weighted by molar-refractivity contribution is -0.116. The van der Waals surface area contributed by atoms with E-state index in [2.05, 4.69) is 36.5 Å². The average Bonchev–Trinajstić information content (AvgIpc) is 2.44. The molecule has 2 aromatic carbocycles. The largest absolute Gasteiger partial charge is 0.506 e. The predicted octanol–water partition coefficient (Wildman–Crippen LogP) is 3.97. The highest BCUT2D eigenvalue weighted by atomic mass is 16.3. The average molecular weight is 283 g/mol. The minimum Gasteiger partial charge on any atom is -0.506 e. The summed E-state index contributed by atoms with van der Waals surface area (Å²) in [4.78, 5) is 11.9.